The molecule has 1 aliphatic heterocycles. The highest BCUT2D eigenvalue weighted by Crippen LogP contribution is 2.27. The Labute approximate surface area is 149 Å². The van der Waals surface area contributed by atoms with Crippen LogP contribution in [0.15, 0.2) is 36.0 Å². The number of fused-ring (bicyclic) bond motifs is 1. The molecule has 0 bridgehead atoms. The molecule has 6 nitrogen and oxygen atoms in total. The van der Waals surface area contributed by atoms with Crippen molar-refractivity contribution in [1.82, 2.24) is 20.1 Å². The number of hydrogen-bond donors (Lipinski definition) is 1. The third kappa shape index (κ3) is 3.52. The van der Waals surface area contributed by atoms with Crippen molar-refractivity contribution in [3.05, 3.63) is 36.0 Å². The number of benzene rings is 1. The number of carbonyl (C=O) groups excluding carboxylic acids is 1. The van der Waals surface area contributed by atoms with Gasteiger partial charge in [-0.25, -0.2) is 0 Å². The normalized spacial score (nSPS) is 16.2. The van der Waals surface area contributed by atoms with Crippen LogP contribution in [0.25, 0.3) is 21.3 Å². The second-order valence-electron chi connectivity index (χ2n) is 6.44. The number of anilines is 1. The van der Waals surface area contributed by atoms with E-state index in [0.717, 1.165) is 47.3 Å². The van der Waals surface area contributed by atoms with E-state index >= 15 is 0 Å². The molecule has 0 saturated carbocycles. The predicted molar refractivity (Wildman–Crippen MR) is 99.5 cm³/mol. The third-order valence-electron chi connectivity index (χ3n) is 4.64. The smallest absolute Gasteiger partial charge is 0.228 e. The summed E-state index contributed by atoms with van der Waals surface area (Å²) in [6.07, 6.45) is 3.63. The maximum absolute atomic E-state index is 12.5. The molecular weight excluding hydrogens is 334 g/mol. The van der Waals surface area contributed by atoms with Crippen molar-refractivity contribution >= 4 is 34.0 Å². The van der Waals surface area contributed by atoms with Gasteiger partial charge in [0.25, 0.3) is 0 Å². The van der Waals surface area contributed by atoms with Gasteiger partial charge >= 0.3 is 0 Å². The van der Waals surface area contributed by atoms with E-state index in [1.165, 1.54) is 0 Å². The lowest BCUT2D eigenvalue weighted by Gasteiger charge is -2.27. The minimum atomic E-state index is 0.0420. The van der Waals surface area contributed by atoms with Crippen molar-refractivity contribution in [3.63, 3.8) is 0 Å². The molecule has 7 heteroatoms. The largest absolute Gasteiger partial charge is 0.309 e. The topological polar surface area (TPSA) is 71.0 Å². The Hall–Kier alpha value is -2.38. The van der Waals surface area contributed by atoms with E-state index in [1.807, 2.05) is 29.9 Å². The molecule has 128 valence electrons. The molecule has 0 aliphatic carbocycles. The van der Waals surface area contributed by atoms with Crippen LogP contribution in [0.5, 0.6) is 0 Å². The second-order valence-corrected chi connectivity index (χ2v) is 7.32. The van der Waals surface area contributed by atoms with E-state index < -0.39 is 0 Å². The molecule has 1 N–H and O–H groups in total. The van der Waals surface area contributed by atoms with Gasteiger partial charge in [0, 0.05) is 17.5 Å². The zero-order valence-corrected chi connectivity index (χ0v) is 14.8. The lowest BCUT2D eigenvalue weighted by Crippen LogP contribution is -2.36. The number of thiazole rings is 1. The molecule has 0 atom stereocenters. The van der Waals surface area contributed by atoms with E-state index in [2.05, 4.69) is 38.5 Å². The number of likely N-dealkylation sites (tertiary alicyclic amines) is 1. The van der Waals surface area contributed by atoms with Crippen LogP contribution >= 0.6 is 11.3 Å². The Bertz CT molecular complexity index is 888. The fourth-order valence-electron chi connectivity index (χ4n) is 3.12. The first-order valence-corrected chi connectivity index (χ1v) is 9.23. The number of carbonyl (C=O) groups is 1. The van der Waals surface area contributed by atoms with Gasteiger partial charge in [-0.05, 0) is 56.7 Å². The first-order valence-electron chi connectivity index (χ1n) is 8.35. The van der Waals surface area contributed by atoms with Gasteiger partial charge in [-0.3, -0.25) is 9.78 Å². The van der Waals surface area contributed by atoms with Gasteiger partial charge in [-0.15, -0.1) is 21.5 Å². The summed E-state index contributed by atoms with van der Waals surface area (Å²) in [6.45, 7) is 1.92. The van der Waals surface area contributed by atoms with Gasteiger partial charge in [0.15, 0.2) is 5.82 Å². The Morgan fingerprint density at radius 3 is 2.84 bits per heavy atom. The second kappa shape index (κ2) is 6.85. The molecule has 1 saturated heterocycles. The average molecular weight is 353 g/mol. The van der Waals surface area contributed by atoms with Gasteiger partial charge in [-0.1, -0.05) is 6.07 Å². The highest BCUT2D eigenvalue weighted by Gasteiger charge is 2.23. The molecule has 0 radical (unpaired) electrons. The maximum Gasteiger partial charge on any atom is 0.228 e. The standard InChI is InChI=1S/C18H19N5OS/c1-23-6-4-12(5-7-23)18(24)20-17-9-14-8-13(16-10-19-11-25-16)2-3-15(14)21-22-17/h2-3,8-12H,4-7H2,1H3,(H,20,22,24). The zero-order valence-electron chi connectivity index (χ0n) is 14.0. The monoisotopic (exact) mass is 353 g/mol. The van der Waals surface area contributed by atoms with Crippen LogP contribution in [0.4, 0.5) is 5.82 Å². The number of nitrogens with zero attached hydrogens (tertiary/aromatic N) is 4. The fraction of sp³-hybridized carbons (Fsp3) is 0.333. The first kappa shape index (κ1) is 16.1. The Balaban J connectivity index is 1.54. The van der Waals surface area contributed by atoms with Gasteiger partial charge in [0.1, 0.15) is 0 Å². The van der Waals surface area contributed by atoms with Crippen molar-refractivity contribution in [2.24, 2.45) is 5.92 Å². The molecular formula is C18H19N5OS. The van der Waals surface area contributed by atoms with Crippen LogP contribution in [0.3, 0.4) is 0 Å². The number of aromatic nitrogens is 3. The summed E-state index contributed by atoms with van der Waals surface area (Å²) in [4.78, 5) is 19.9. The quantitative estimate of drug-likeness (QED) is 0.784. The lowest BCUT2D eigenvalue weighted by atomic mass is 9.96. The summed E-state index contributed by atoms with van der Waals surface area (Å²) in [5.74, 6) is 0.607. The number of nitrogens with one attached hydrogen (secondary N) is 1. The van der Waals surface area contributed by atoms with E-state index in [9.17, 15) is 4.79 Å². The first-order chi connectivity index (χ1) is 12.2. The molecule has 2 aromatic heterocycles. The van der Waals surface area contributed by atoms with Crippen molar-refractivity contribution in [1.29, 1.82) is 0 Å². The van der Waals surface area contributed by atoms with Crippen LogP contribution in [0, 0.1) is 5.92 Å². The lowest BCUT2D eigenvalue weighted by molar-refractivity contribution is -0.121. The fourth-order valence-corrected chi connectivity index (χ4v) is 3.74. The van der Waals surface area contributed by atoms with Crippen molar-refractivity contribution in [2.45, 2.75) is 12.8 Å². The molecule has 4 rings (SSSR count). The Kier molecular flexibility index (Phi) is 4.42. The van der Waals surface area contributed by atoms with Gasteiger partial charge in [-0.2, -0.15) is 0 Å². The van der Waals surface area contributed by atoms with E-state index in [4.69, 9.17) is 0 Å². The summed E-state index contributed by atoms with van der Waals surface area (Å²) < 4.78 is 0. The minimum Gasteiger partial charge on any atom is -0.309 e. The minimum absolute atomic E-state index is 0.0420. The van der Waals surface area contributed by atoms with Crippen molar-refractivity contribution in [2.75, 3.05) is 25.5 Å². The summed E-state index contributed by atoms with van der Waals surface area (Å²) >= 11 is 1.60. The number of amides is 1. The SMILES string of the molecule is CN1CCC(C(=O)Nc2cc3cc(-c4cncs4)ccc3nn2)CC1. The van der Waals surface area contributed by atoms with Crippen molar-refractivity contribution in [3.8, 4) is 10.4 Å². The molecule has 1 aliphatic rings. The number of rotatable bonds is 3. The molecule has 1 aromatic carbocycles. The Morgan fingerprint density at radius 1 is 1.24 bits per heavy atom. The average Bonchev–Trinajstić information content (AvgIpc) is 3.16. The molecule has 0 spiro atoms. The summed E-state index contributed by atoms with van der Waals surface area (Å²) in [5, 5.41) is 12.3. The maximum atomic E-state index is 12.5. The van der Waals surface area contributed by atoms with E-state index in [1.54, 1.807) is 11.3 Å². The van der Waals surface area contributed by atoms with Gasteiger partial charge < -0.3 is 10.2 Å². The van der Waals surface area contributed by atoms with Crippen LogP contribution in [-0.2, 0) is 4.79 Å². The van der Waals surface area contributed by atoms with Gasteiger partial charge in [0.05, 0.1) is 15.9 Å². The third-order valence-corrected chi connectivity index (χ3v) is 5.46. The zero-order chi connectivity index (χ0) is 17.2. The summed E-state index contributed by atoms with van der Waals surface area (Å²) in [5.41, 5.74) is 3.72. The highest BCUT2D eigenvalue weighted by molar-refractivity contribution is 7.13. The van der Waals surface area contributed by atoms with Crippen molar-refractivity contribution < 1.29 is 4.79 Å². The molecule has 1 amide bonds. The molecule has 25 heavy (non-hydrogen) atoms. The molecule has 0 unspecified atom stereocenters. The predicted octanol–water partition coefficient (Wildman–Crippen LogP) is 3.03. The van der Waals surface area contributed by atoms with Crippen LogP contribution in [-0.4, -0.2) is 46.1 Å². The molecule has 3 heterocycles. The molecule has 3 aromatic rings. The summed E-state index contributed by atoms with van der Waals surface area (Å²) in [6, 6.07) is 7.91. The number of hydrogen-bond acceptors (Lipinski definition) is 6. The van der Waals surface area contributed by atoms with Crippen LogP contribution in [0.2, 0.25) is 0 Å². The van der Waals surface area contributed by atoms with Crippen LogP contribution < -0.4 is 5.32 Å². The highest BCUT2D eigenvalue weighted by atomic mass is 32.1. The molecule has 1 fully saturated rings. The van der Waals surface area contributed by atoms with Gasteiger partial charge in [0.2, 0.25) is 5.91 Å². The summed E-state index contributed by atoms with van der Waals surface area (Å²) in [7, 11) is 2.09. The van der Waals surface area contributed by atoms with E-state index in [0.29, 0.717) is 5.82 Å². The van der Waals surface area contributed by atoms with E-state index in [-0.39, 0.29) is 11.8 Å². The number of piperidine rings is 1. The van der Waals surface area contributed by atoms with Crippen LogP contribution in [0.1, 0.15) is 12.8 Å². The Morgan fingerprint density at radius 2 is 2.08 bits per heavy atom.